The lowest BCUT2D eigenvalue weighted by atomic mass is 10.0. The average molecular weight is 289 g/mol. The molecule has 0 unspecified atom stereocenters. The average Bonchev–Trinajstić information content (AvgIpc) is 2.85. The summed E-state index contributed by atoms with van der Waals surface area (Å²) in [6, 6.07) is 12.6. The SMILES string of the molecule is O=Cc1c(-c2ccccc2)[nH]c2c(C(F)(F)F)cccc12. The molecule has 0 saturated heterocycles. The third kappa shape index (κ3) is 2.20. The van der Waals surface area contributed by atoms with Gasteiger partial charge in [-0.1, -0.05) is 42.5 Å². The van der Waals surface area contributed by atoms with Crippen molar-refractivity contribution in [1.29, 1.82) is 0 Å². The van der Waals surface area contributed by atoms with Gasteiger partial charge in [-0.05, 0) is 11.6 Å². The van der Waals surface area contributed by atoms with Gasteiger partial charge in [-0.25, -0.2) is 0 Å². The molecular formula is C16H10F3NO. The minimum Gasteiger partial charge on any atom is -0.353 e. The number of fused-ring (bicyclic) bond motifs is 1. The Labute approximate surface area is 118 Å². The van der Waals surface area contributed by atoms with Gasteiger partial charge in [0.1, 0.15) is 0 Å². The first-order valence-electron chi connectivity index (χ1n) is 6.25. The number of hydrogen-bond donors (Lipinski definition) is 1. The molecule has 1 aromatic heterocycles. The summed E-state index contributed by atoms with van der Waals surface area (Å²) in [7, 11) is 0. The predicted octanol–water partition coefficient (Wildman–Crippen LogP) is 4.67. The molecule has 0 aliphatic heterocycles. The van der Waals surface area contributed by atoms with Crippen LogP contribution in [0.2, 0.25) is 0 Å². The molecule has 0 radical (unpaired) electrons. The largest absolute Gasteiger partial charge is 0.418 e. The Balaban J connectivity index is 2.36. The lowest BCUT2D eigenvalue weighted by Crippen LogP contribution is -2.05. The van der Waals surface area contributed by atoms with Crippen molar-refractivity contribution in [2.24, 2.45) is 0 Å². The van der Waals surface area contributed by atoms with Crippen LogP contribution in [0.1, 0.15) is 15.9 Å². The third-order valence-electron chi connectivity index (χ3n) is 3.36. The number of hydrogen-bond acceptors (Lipinski definition) is 1. The van der Waals surface area contributed by atoms with Crippen molar-refractivity contribution in [2.75, 3.05) is 0 Å². The van der Waals surface area contributed by atoms with Gasteiger partial charge in [0.05, 0.1) is 16.8 Å². The summed E-state index contributed by atoms with van der Waals surface area (Å²) in [6.45, 7) is 0. The van der Waals surface area contributed by atoms with Gasteiger partial charge in [0.2, 0.25) is 0 Å². The fourth-order valence-corrected chi connectivity index (χ4v) is 2.43. The molecule has 5 heteroatoms. The maximum Gasteiger partial charge on any atom is 0.418 e. The molecule has 0 amide bonds. The molecule has 3 rings (SSSR count). The zero-order valence-corrected chi connectivity index (χ0v) is 10.7. The molecule has 0 aliphatic rings. The summed E-state index contributed by atoms with van der Waals surface area (Å²) in [5, 5.41) is 0.277. The Morgan fingerprint density at radius 3 is 2.29 bits per heavy atom. The van der Waals surface area contributed by atoms with Crippen LogP contribution in [0.4, 0.5) is 13.2 Å². The van der Waals surface area contributed by atoms with Crippen molar-refractivity contribution in [3.8, 4) is 11.3 Å². The van der Waals surface area contributed by atoms with Crippen LogP contribution < -0.4 is 0 Å². The van der Waals surface area contributed by atoms with Crippen LogP contribution >= 0.6 is 0 Å². The summed E-state index contributed by atoms with van der Waals surface area (Å²) >= 11 is 0. The van der Waals surface area contributed by atoms with Gasteiger partial charge in [-0.3, -0.25) is 4.79 Å². The number of aromatic amines is 1. The second-order valence-corrected chi connectivity index (χ2v) is 4.62. The smallest absolute Gasteiger partial charge is 0.353 e. The number of benzene rings is 2. The molecule has 3 aromatic rings. The fraction of sp³-hybridized carbons (Fsp3) is 0.0625. The molecule has 0 atom stereocenters. The number of alkyl halides is 3. The number of carbonyl (C=O) groups is 1. The van der Waals surface area contributed by atoms with E-state index in [1.54, 1.807) is 30.3 Å². The van der Waals surface area contributed by atoms with E-state index in [1.807, 2.05) is 0 Å². The maximum atomic E-state index is 13.1. The van der Waals surface area contributed by atoms with Crippen LogP contribution in [0.3, 0.4) is 0 Å². The Morgan fingerprint density at radius 2 is 1.67 bits per heavy atom. The summed E-state index contributed by atoms with van der Waals surface area (Å²) in [5.41, 5.74) is 0.472. The van der Waals surface area contributed by atoms with Crippen molar-refractivity contribution in [3.63, 3.8) is 0 Å². The molecular weight excluding hydrogens is 279 g/mol. The number of halogens is 3. The van der Waals surface area contributed by atoms with Crippen LogP contribution in [0.15, 0.2) is 48.5 Å². The second-order valence-electron chi connectivity index (χ2n) is 4.62. The molecule has 106 valence electrons. The van der Waals surface area contributed by atoms with Gasteiger partial charge in [0, 0.05) is 10.9 Å². The van der Waals surface area contributed by atoms with Crippen molar-refractivity contribution in [3.05, 3.63) is 59.7 Å². The Bertz CT molecular complexity index is 803. The van der Waals surface area contributed by atoms with Crippen molar-refractivity contribution >= 4 is 17.2 Å². The summed E-state index contributed by atoms with van der Waals surface area (Å²) in [5.74, 6) is 0. The van der Waals surface area contributed by atoms with E-state index in [9.17, 15) is 18.0 Å². The van der Waals surface area contributed by atoms with Crippen LogP contribution in [0.5, 0.6) is 0 Å². The first kappa shape index (κ1) is 13.4. The lowest BCUT2D eigenvalue weighted by Gasteiger charge is -2.07. The molecule has 0 bridgehead atoms. The Kier molecular flexibility index (Phi) is 3.05. The third-order valence-corrected chi connectivity index (χ3v) is 3.36. The zero-order valence-electron chi connectivity index (χ0n) is 10.7. The quantitative estimate of drug-likeness (QED) is 0.683. The zero-order chi connectivity index (χ0) is 15.0. The Hall–Kier alpha value is -2.56. The number of para-hydroxylation sites is 1. The van der Waals surface area contributed by atoms with Gasteiger partial charge in [0.15, 0.2) is 6.29 Å². The summed E-state index contributed by atoms with van der Waals surface area (Å²) in [6.07, 6.45) is -3.89. The minimum absolute atomic E-state index is 0.0639. The molecule has 21 heavy (non-hydrogen) atoms. The van der Waals surface area contributed by atoms with Crippen molar-refractivity contribution in [2.45, 2.75) is 6.18 Å². The monoisotopic (exact) mass is 289 g/mol. The highest BCUT2D eigenvalue weighted by molar-refractivity contribution is 6.05. The predicted molar refractivity (Wildman–Crippen MR) is 74.1 cm³/mol. The van der Waals surface area contributed by atoms with E-state index in [1.165, 1.54) is 12.1 Å². The van der Waals surface area contributed by atoms with Gasteiger partial charge >= 0.3 is 6.18 Å². The molecule has 0 saturated carbocycles. The van der Waals surface area contributed by atoms with E-state index in [-0.39, 0.29) is 16.5 Å². The number of aldehydes is 1. The van der Waals surface area contributed by atoms with Crippen LogP contribution in [-0.4, -0.2) is 11.3 Å². The molecule has 1 heterocycles. The van der Waals surface area contributed by atoms with E-state index < -0.39 is 11.7 Å². The number of carbonyl (C=O) groups excluding carboxylic acids is 1. The van der Waals surface area contributed by atoms with Gasteiger partial charge in [0.25, 0.3) is 0 Å². The normalized spacial score (nSPS) is 11.8. The highest BCUT2D eigenvalue weighted by Gasteiger charge is 2.33. The second kappa shape index (κ2) is 4.77. The number of nitrogens with one attached hydrogen (secondary N) is 1. The molecule has 2 nitrogen and oxygen atoms in total. The maximum absolute atomic E-state index is 13.1. The number of rotatable bonds is 2. The number of H-pyrrole nitrogens is 1. The molecule has 1 N–H and O–H groups in total. The van der Waals surface area contributed by atoms with E-state index in [0.717, 1.165) is 6.07 Å². The summed E-state index contributed by atoms with van der Waals surface area (Å²) < 4.78 is 39.2. The molecule has 0 aliphatic carbocycles. The van der Waals surface area contributed by atoms with Gasteiger partial charge < -0.3 is 4.98 Å². The molecule has 0 fully saturated rings. The van der Waals surface area contributed by atoms with Crippen molar-refractivity contribution < 1.29 is 18.0 Å². The molecule has 0 spiro atoms. The number of aromatic nitrogens is 1. The van der Waals surface area contributed by atoms with Crippen LogP contribution in [0, 0.1) is 0 Å². The first-order valence-corrected chi connectivity index (χ1v) is 6.25. The minimum atomic E-state index is -4.47. The first-order chi connectivity index (χ1) is 10.0. The topological polar surface area (TPSA) is 32.9 Å². The van der Waals surface area contributed by atoms with E-state index in [2.05, 4.69) is 4.98 Å². The highest BCUT2D eigenvalue weighted by Crippen LogP contribution is 2.37. The fourth-order valence-electron chi connectivity index (χ4n) is 2.43. The van der Waals surface area contributed by atoms with Gasteiger partial charge in [-0.15, -0.1) is 0 Å². The van der Waals surface area contributed by atoms with Crippen LogP contribution in [-0.2, 0) is 6.18 Å². The standard InChI is InChI=1S/C16H10F3NO/c17-16(18,19)13-8-4-7-11-12(9-21)14(20-15(11)13)10-5-2-1-3-6-10/h1-9,20H. The lowest BCUT2D eigenvalue weighted by molar-refractivity contribution is -0.136. The summed E-state index contributed by atoms with van der Waals surface area (Å²) in [4.78, 5) is 14.1. The molecule has 2 aromatic carbocycles. The van der Waals surface area contributed by atoms with Crippen molar-refractivity contribution in [1.82, 2.24) is 4.98 Å². The van der Waals surface area contributed by atoms with E-state index >= 15 is 0 Å². The van der Waals surface area contributed by atoms with Crippen LogP contribution in [0.25, 0.3) is 22.2 Å². The highest BCUT2D eigenvalue weighted by atomic mass is 19.4. The van der Waals surface area contributed by atoms with Gasteiger partial charge in [-0.2, -0.15) is 13.2 Å². The Morgan fingerprint density at radius 1 is 0.952 bits per heavy atom. The van der Waals surface area contributed by atoms with E-state index in [4.69, 9.17) is 0 Å². The van der Waals surface area contributed by atoms with E-state index in [0.29, 0.717) is 17.5 Å².